The van der Waals surface area contributed by atoms with Gasteiger partial charge in [0.2, 0.25) is 0 Å². The lowest BCUT2D eigenvalue weighted by Crippen LogP contribution is -2.03. The molecule has 14 heavy (non-hydrogen) atoms. The summed E-state index contributed by atoms with van der Waals surface area (Å²) in [6.45, 7) is 5.53. The number of hydrogen-bond acceptors (Lipinski definition) is 2. The lowest BCUT2D eigenvalue weighted by atomic mass is 10.2. The van der Waals surface area contributed by atoms with Crippen molar-refractivity contribution in [1.29, 1.82) is 0 Å². The van der Waals surface area contributed by atoms with Crippen molar-refractivity contribution >= 4 is 5.97 Å². The molecule has 0 N–H and O–H groups in total. The summed E-state index contributed by atoms with van der Waals surface area (Å²) in [5, 5.41) is 0. The van der Waals surface area contributed by atoms with Gasteiger partial charge in [0.05, 0.1) is 0 Å². The van der Waals surface area contributed by atoms with Crippen LogP contribution < -0.4 is 4.74 Å². The van der Waals surface area contributed by atoms with E-state index in [0.29, 0.717) is 5.75 Å². The second-order valence-electron chi connectivity index (χ2n) is 2.82. The topological polar surface area (TPSA) is 26.3 Å². The van der Waals surface area contributed by atoms with E-state index in [1.165, 1.54) is 6.08 Å². The monoisotopic (exact) mass is 189 g/mol. The van der Waals surface area contributed by atoms with Crippen LogP contribution in [0, 0.1) is 6.92 Å². The second-order valence-corrected chi connectivity index (χ2v) is 2.82. The van der Waals surface area contributed by atoms with Gasteiger partial charge < -0.3 is 4.74 Å². The van der Waals surface area contributed by atoms with Gasteiger partial charge in [-0.3, -0.25) is 0 Å². The Morgan fingerprint density at radius 2 is 2.07 bits per heavy atom. The van der Waals surface area contributed by atoms with Crippen molar-refractivity contribution in [2.45, 2.75) is 13.3 Å². The number of rotatable bonds is 3. The maximum atomic E-state index is 11.0. The molecule has 1 rings (SSSR count). The number of esters is 1. The first kappa shape index (κ1) is 10.5. The highest BCUT2D eigenvalue weighted by Crippen LogP contribution is 2.12. The third-order valence-corrected chi connectivity index (χ3v) is 1.73. The van der Waals surface area contributed by atoms with Crippen LogP contribution in [0.4, 0.5) is 0 Å². The number of carbonyl (C=O) groups excluding carboxylic acids is 1. The van der Waals surface area contributed by atoms with Gasteiger partial charge in [-0.05, 0) is 38.0 Å². The highest BCUT2D eigenvalue weighted by Gasteiger charge is 1.98. The average Bonchev–Trinajstić information content (AvgIpc) is 2.19. The first-order chi connectivity index (χ1) is 6.76. The van der Waals surface area contributed by atoms with Crippen LogP contribution in [0.25, 0.3) is 0 Å². The van der Waals surface area contributed by atoms with E-state index < -0.39 is 0 Å². The fourth-order valence-corrected chi connectivity index (χ4v) is 1.01. The first-order valence-electron chi connectivity index (χ1n) is 4.49. The molecule has 0 heterocycles. The Kier molecular flexibility index (Phi) is 3.92. The summed E-state index contributed by atoms with van der Waals surface area (Å²) in [6.07, 6.45) is 3.77. The molecular formula is C12H13O2. The van der Waals surface area contributed by atoms with E-state index in [-0.39, 0.29) is 5.97 Å². The van der Waals surface area contributed by atoms with Gasteiger partial charge in [0.15, 0.2) is 0 Å². The zero-order valence-corrected chi connectivity index (χ0v) is 8.19. The molecule has 73 valence electrons. The fourth-order valence-electron chi connectivity index (χ4n) is 1.01. The Morgan fingerprint density at radius 1 is 1.43 bits per heavy atom. The molecule has 0 bridgehead atoms. The zero-order chi connectivity index (χ0) is 10.4. The minimum atomic E-state index is -0.352. The fraction of sp³-hybridized carbons (Fsp3) is 0.167. The molecule has 0 aliphatic carbocycles. The van der Waals surface area contributed by atoms with Crippen molar-refractivity contribution in [2.24, 2.45) is 0 Å². The minimum Gasteiger partial charge on any atom is -0.423 e. The van der Waals surface area contributed by atoms with Crippen molar-refractivity contribution in [1.82, 2.24) is 0 Å². The van der Waals surface area contributed by atoms with Gasteiger partial charge in [-0.2, -0.15) is 0 Å². The van der Waals surface area contributed by atoms with E-state index in [4.69, 9.17) is 4.74 Å². The molecule has 0 amide bonds. The van der Waals surface area contributed by atoms with E-state index in [2.05, 4.69) is 6.92 Å². The minimum absolute atomic E-state index is 0.352. The summed E-state index contributed by atoms with van der Waals surface area (Å²) in [6, 6.07) is 7.32. The van der Waals surface area contributed by atoms with Gasteiger partial charge in [0.1, 0.15) is 5.75 Å². The van der Waals surface area contributed by atoms with Crippen molar-refractivity contribution < 1.29 is 9.53 Å². The summed E-state index contributed by atoms with van der Waals surface area (Å²) in [5.41, 5.74) is 1.12. The van der Waals surface area contributed by atoms with Crippen molar-refractivity contribution in [3.63, 3.8) is 0 Å². The Balaban J connectivity index is 2.64. The summed E-state index contributed by atoms with van der Waals surface area (Å²) in [4.78, 5) is 11.0. The molecule has 0 saturated heterocycles. The van der Waals surface area contributed by atoms with Crippen LogP contribution in [0.15, 0.2) is 36.4 Å². The zero-order valence-electron chi connectivity index (χ0n) is 8.19. The molecule has 2 heteroatoms. The van der Waals surface area contributed by atoms with E-state index in [0.717, 1.165) is 12.0 Å². The van der Waals surface area contributed by atoms with Crippen LogP contribution in [0.3, 0.4) is 0 Å². The molecule has 1 aromatic rings. The molecule has 0 fully saturated rings. The molecule has 1 aromatic carbocycles. The Hall–Kier alpha value is -1.57. The van der Waals surface area contributed by atoms with Crippen LogP contribution in [-0.4, -0.2) is 5.97 Å². The molecule has 0 aliphatic heterocycles. The summed E-state index contributed by atoms with van der Waals surface area (Å²) < 4.78 is 5.01. The van der Waals surface area contributed by atoms with Crippen LogP contribution in [0.2, 0.25) is 0 Å². The molecular weight excluding hydrogens is 176 g/mol. The van der Waals surface area contributed by atoms with Gasteiger partial charge in [-0.1, -0.05) is 18.2 Å². The quantitative estimate of drug-likeness (QED) is 0.415. The van der Waals surface area contributed by atoms with Crippen LogP contribution >= 0.6 is 0 Å². The molecule has 0 unspecified atom stereocenters. The number of allylic oxidation sites excluding steroid dienone is 1. The lowest BCUT2D eigenvalue weighted by molar-refractivity contribution is -0.129. The van der Waals surface area contributed by atoms with Gasteiger partial charge >= 0.3 is 5.97 Å². The Labute approximate surface area is 84.2 Å². The first-order valence-corrected chi connectivity index (χ1v) is 4.49. The van der Waals surface area contributed by atoms with Gasteiger partial charge in [-0.15, -0.1) is 0 Å². The van der Waals surface area contributed by atoms with Crippen molar-refractivity contribution in [2.75, 3.05) is 0 Å². The summed E-state index contributed by atoms with van der Waals surface area (Å²) in [5.74, 6) is 0.208. The van der Waals surface area contributed by atoms with Crippen LogP contribution in [0.5, 0.6) is 5.75 Å². The molecule has 0 saturated carbocycles. The Morgan fingerprint density at radius 3 is 2.57 bits per heavy atom. The Bertz CT molecular complexity index is 323. The molecule has 1 radical (unpaired) electrons. The SMILES string of the molecule is [CH2]Cc1ccc(OC(=O)C=CC)cc1. The maximum Gasteiger partial charge on any atom is 0.335 e. The lowest BCUT2D eigenvalue weighted by Gasteiger charge is -2.01. The number of carbonyl (C=O) groups is 1. The highest BCUT2D eigenvalue weighted by atomic mass is 16.5. The van der Waals surface area contributed by atoms with Gasteiger partial charge in [0, 0.05) is 6.08 Å². The average molecular weight is 189 g/mol. The molecule has 0 aliphatic rings. The predicted octanol–water partition coefficient (Wildman–Crippen LogP) is 2.54. The van der Waals surface area contributed by atoms with Crippen molar-refractivity contribution in [3.8, 4) is 5.75 Å². The smallest absolute Gasteiger partial charge is 0.335 e. The van der Waals surface area contributed by atoms with Crippen molar-refractivity contribution in [3.05, 3.63) is 48.9 Å². The largest absolute Gasteiger partial charge is 0.423 e. The van der Waals surface area contributed by atoms with E-state index in [1.54, 1.807) is 25.1 Å². The summed E-state index contributed by atoms with van der Waals surface area (Å²) >= 11 is 0. The molecule has 0 spiro atoms. The number of benzene rings is 1. The summed E-state index contributed by atoms with van der Waals surface area (Å²) in [7, 11) is 0. The molecule has 0 atom stereocenters. The van der Waals surface area contributed by atoms with Gasteiger partial charge in [0.25, 0.3) is 0 Å². The number of ether oxygens (including phenoxy) is 1. The van der Waals surface area contributed by atoms with Crippen LogP contribution in [-0.2, 0) is 11.2 Å². The molecule has 2 nitrogen and oxygen atoms in total. The van der Waals surface area contributed by atoms with E-state index in [1.807, 2.05) is 12.1 Å². The van der Waals surface area contributed by atoms with Crippen LogP contribution in [0.1, 0.15) is 12.5 Å². The molecule has 0 aromatic heterocycles. The second kappa shape index (κ2) is 5.22. The normalized spacial score (nSPS) is 10.4. The number of hydrogen-bond donors (Lipinski definition) is 0. The highest BCUT2D eigenvalue weighted by molar-refractivity contribution is 5.83. The third-order valence-electron chi connectivity index (χ3n) is 1.73. The van der Waals surface area contributed by atoms with Gasteiger partial charge in [-0.25, -0.2) is 4.79 Å². The predicted molar refractivity (Wildman–Crippen MR) is 56.0 cm³/mol. The van der Waals surface area contributed by atoms with E-state index in [9.17, 15) is 4.79 Å². The standard InChI is InChI=1S/C12H13O2/c1-3-5-12(13)14-11-8-6-10(4-2)7-9-11/h3,5-9H,2,4H2,1H3. The van der Waals surface area contributed by atoms with E-state index >= 15 is 0 Å². The third kappa shape index (κ3) is 3.05. The maximum absolute atomic E-state index is 11.0.